The molecule has 2 aromatic carbocycles. The van der Waals surface area contributed by atoms with Gasteiger partial charge in [0.25, 0.3) is 5.91 Å². The van der Waals surface area contributed by atoms with Crippen molar-refractivity contribution in [2.45, 2.75) is 20.3 Å². The summed E-state index contributed by atoms with van der Waals surface area (Å²) in [6.07, 6.45) is 0.745. The molecule has 0 atom stereocenters. The van der Waals surface area contributed by atoms with Crippen LogP contribution in [-0.2, 0) is 6.42 Å². The van der Waals surface area contributed by atoms with Gasteiger partial charge in [-0.1, -0.05) is 50.2 Å². The van der Waals surface area contributed by atoms with Crippen LogP contribution in [0.5, 0.6) is 5.75 Å². The van der Waals surface area contributed by atoms with Gasteiger partial charge in [-0.05, 0) is 35.6 Å². The molecule has 0 fully saturated rings. The van der Waals surface area contributed by atoms with Crippen molar-refractivity contribution in [2.75, 3.05) is 13.6 Å². The number of carbonyl (C=O) groups excluding carboxylic acids is 1. The predicted octanol–water partition coefficient (Wildman–Crippen LogP) is 3.71. The first-order valence-electron chi connectivity index (χ1n) is 7.58. The van der Waals surface area contributed by atoms with E-state index < -0.39 is 0 Å². The third kappa shape index (κ3) is 4.10. The monoisotopic (exact) mass is 297 g/mol. The van der Waals surface area contributed by atoms with Crippen molar-refractivity contribution in [1.29, 1.82) is 0 Å². The number of hydrogen-bond donors (Lipinski definition) is 1. The molecule has 0 saturated carbocycles. The normalized spacial score (nSPS) is 10.7. The van der Waals surface area contributed by atoms with Crippen LogP contribution in [0.1, 0.15) is 35.3 Å². The molecular formula is C19H23NO2. The number of nitrogens with zero attached hydrogens (tertiary/aromatic N) is 1. The van der Waals surface area contributed by atoms with Crippen molar-refractivity contribution in [3.8, 4) is 5.75 Å². The number of amides is 1. The molecule has 0 spiro atoms. The molecular weight excluding hydrogens is 274 g/mol. The van der Waals surface area contributed by atoms with Gasteiger partial charge in [0.2, 0.25) is 0 Å². The molecule has 116 valence electrons. The Morgan fingerprint density at radius 3 is 2.41 bits per heavy atom. The van der Waals surface area contributed by atoms with Gasteiger partial charge in [-0.3, -0.25) is 4.79 Å². The molecule has 0 heterocycles. The van der Waals surface area contributed by atoms with Crippen LogP contribution in [0.2, 0.25) is 0 Å². The van der Waals surface area contributed by atoms with E-state index in [9.17, 15) is 9.90 Å². The smallest absolute Gasteiger partial charge is 0.257 e. The van der Waals surface area contributed by atoms with E-state index in [2.05, 4.69) is 26.0 Å². The summed E-state index contributed by atoms with van der Waals surface area (Å²) in [4.78, 5) is 14.1. The molecule has 0 radical (unpaired) electrons. The summed E-state index contributed by atoms with van der Waals surface area (Å²) in [6, 6.07) is 15.4. The van der Waals surface area contributed by atoms with E-state index in [4.69, 9.17) is 0 Å². The second kappa shape index (κ2) is 7.12. The maximum atomic E-state index is 12.5. The number of phenolic OH excluding ortho intramolecular Hbond substituents is 1. The van der Waals surface area contributed by atoms with E-state index in [1.807, 2.05) is 24.3 Å². The number of benzene rings is 2. The molecule has 2 aromatic rings. The molecule has 0 unspecified atom stereocenters. The Kier molecular flexibility index (Phi) is 5.21. The highest BCUT2D eigenvalue weighted by Crippen LogP contribution is 2.22. The van der Waals surface area contributed by atoms with Crippen LogP contribution in [0.15, 0.2) is 48.5 Å². The number of phenols is 1. The van der Waals surface area contributed by atoms with Crippen molar-refractivity contribution >= 4 is 5.91 Å². The predicted molar refractivity (Wildman–Crippen MR) is 89.2 cm³/mol. The number of hydrogen-bond acceptors (Lipinski definition) is 2. The molecule has 22 heavy (non-hydrogen) atoms. The summed E-state index contributed by atoms with van der Waals surface area (Å²) in [5.41, 5.74) is 2.57. The lowest BCUT2D eigenvalue weighted by molar-refractivity contribution is 0.0776. The highest BCUT2D eigenvalue weighted by atomic mass is 16.3. The molecule has 1 N–H and O–H groups in total. The fourth-order valence-electron chi connectivity index (χ4n) is 2.53. The van der Waals surface area contributed by atoms with E-state index in [1.54, 1.807) is 24.1 Å². The van der Waals surface area contributed by atoms with Crippen LogP contribution in [0.4, 0.5) is 0 Å². The first-order chi connectivity index (χ1) is 10.5. The first-order valence-corrected chi connectivity index (χ1v) is 7.58. The van der Waals surface area contributed by atoms with Gasteiger partial charge in [-0.25, -0.2) is 0 Å². The van der Waals surface area contributed by atoms with Gasteiger partial charge in [0.1, 0.15) is 5.75 Å². The summed E-state index contributed by atoms with van der Waals surface area (Å²) in [5, 5.41) is 10.0. The number of rotatable bonds is 5. The summed E-state index contributed by atoms with van der Waals surface area (Å²) in [6.45, 7) is 4.80. The van der Waals surface area contributed by atoms with Gasteiger partial charge in [0.15, 0.2) is 0 Å². The third-order valence-electron chi connectivity index (χ3n) is 3.53. The zero-order valence-electron chi connectivity index (χ0n) is 13.4. The molecule has 0 aliphatic rings. The molecule has 3 heteroatoms. The third-order valence-corrected chi connectivity index (χ3v) is 3.53. The molecule has 1 amide bonds. The highest BCUT2D eigenvalue weighted by molar-refractivity contribution is 5.96. The van der Waals surface area contributed by atoms with Gasteiger partial charge < -0.3 is 10.0 Å². The van der Waals surface area contributed by atoms with Gasteiger partial charge in [0.05, 0.1) is 5.56 Å². The standard InChI is InChI=1S/C19H23NO2/c1-14(2)13-20(3)19(22)17-12-16(9-10-18(17)21)11-15-7-5-4-6-8-15/h4-10,12,14,21H,11,13H2,1-3H3. The number of carbonyl (C=O) groups is 1. The second-order valence-electron chi connectivity index (χ2n) is 6.09. The Morgan fingerprint density at radius 1 is 1.09 bits per heavy atom. The molecule has 0 aliphatic carbocycles. The Balaban J connectivity index is 2.21. The zero-order valence-corrected chi connectivity index (χ0v) is 13.4. The van der Waals surface area contributed by atoms with E-state index in [-0.39, 0.29) is 11.7 Å². The highest BCUT2D eigenvalue weighted by Gasteiger charge is 2.17. The van der Waals surface area contributed by atoms with E-state index in [1.165, 1.54) is 5.56 Å². The number of aromatic hydroxyl groups is 1. The van der Waals surface area contributed by atoms with Crippen LogP contribution in [-0.4, -0.2) is 29.5 Å². The molecule has 2 rings (SSSR count). The molecule has 0 aliphatic heterocycles. The van der Waals surface area contributed by atoms with Gasteiger partial charge in [0, 0.05) is 13.6 Å². The summed E-state index contributed by atoms with van der Waals surface area (Å²) < 4.78 is 0. The Hall–Kier alpha value is -2.29. The molecule has 3 nitrogen and oxygen atoms in total. The van der Waals surface area contributed by atoms with E-state index in [0.29, 0.717) is 18.0 Å². The van der Waals surface area contributed by atoms with Gasteiger partial charge in [-0.2, -0.15) is 0 Å². The molecule has 0 saturated heterocycles. The van der Waals surface area contributed by atoms with Crippen LogP contribution in [0.25, 0.3) is 0 Å². The van der Waals surface area contributed by atoms with Crippen molar-refractivity contribution < 1.29 is 9.90 Å². The summed E-state index contributed by atoms with van der Waals surface area (Å²) in [5.74, 6) is 0.294. The van der Waals surface area contributed by atoms with Crippen LogP contribution < -0.4 is 0 Å². The maximum absolute atomic E-state index is 12.5. The van der Waals surface area contributed by atoms with Gasteiger partial charge in [-0.15, -0.1) is 0 Å². The van der Waals surface area contributed by atoms with Crippen molar-refractivity contribution in [2.24, 2.45) is 5.92 Å². The molecule has 0 bridgehead atoms. The lowest BCUT2D eigenvalue weighted by Gasteiger charge is -2.20. The van der Waals surface area contributed by atoms with E-state index >= 15 is 0 Å². The maximum Gasteiger partial charge on any atom is 0.257 e. The van der Waals surface area contributed by atoms with E-state index in [0.717, 1.165) is 12.0 Å². The summed E-state index contributed by atoms with van der Waals surface area (Å²) in [7, 11) is 1.77. The van der Waals surface area contributed by atoms with Crippen LogP contribution in [0, 0.1) is 5.92 Å². The van der Waals surface area contributed by atoms with Crippen LogP contribution in [0.3, 0.4) is 0 Å². The Morgan fingerprint density at radius 2 is 1.77 bits per heavy atom. The van der Waals surface area contributed by atoms with Crippen LogP contribution >= 0.6 is 0 Å². The minimum absolute atomic E-state index is 0.0393. The summed E-state index contributed by atoms with van der Waals surface area (Å²) >= 11 is 0. The van der Waals surface area contributed by atoms with Crippen molar-refractivity contribution in [3.63, 3.8) is 0 Å². The fourth-order valence-corrected chi connectivity index (χ4v) is 2.53. The van der Waals surface area contributed by atoms with Gasteiger partial charge >= 0.3 is 0 Å². The lowest BCUT2D eigenvalue weighted by Crippen LogP contribution is -2.30. The lowest BCUT2D eigenvalue weighted by atomic mass is 10.0. The largest absolute Gasteiger partial charge is 0.507 e. The van der Waals surface area contributed by atoms with Crippen molar-refractivity contribution in [1.82, 2.24) is 4.90 Å². The topological polar surface area (TPSA) is 40.5 Å². The fraction of sp³-hybridized carbons (Fsp3) is 0.316. The first kappa shape index (κ1) is 16.1. The Bertz CT molecular complexity index is 635. The SMILES string of the molecule is CC(C)CN(C)C(=O)c1cc(Cc2ccccc2)ccc1O. The minimum Gasteiger partial charge on any atom is -0.507 e. The second-order valence-corrected chi connectivity index (χ2v) is 6.09. The minimum atomic E-state index is -0.138. The molecule has 0 aromatic heterocycles. The average Bonchev–Trinajstić information content (AvgIpc) is 2.49. The average molecular weight is 297 g/mol. The zero-order chi connectivity index (χ0) is 16.1. The Labute approximate surface area is 132 Å². The van der Waals surface area contributed by atoms with Crippen molar-refractivity contribution in [3.05, 3.63) is 65.2 Å². The quantitative estimate of drug-likeness (QED) is 0.914.